The van der Waals surface area contributed by atoms with E-state index in [4.69, 9.17) is 9.47 Å². The Morgan fingerprint density at radius 1 is 1.76 bits per heavy atom. The van der Waals surface area contributed by atoms with Gasteiger partial charge in [-0.15, -0.1) is 11.3 Å². The van der Waals surface area contributed by atoms with Crippen LogP contribution in [0.1, 0.15) is 10.7 Å². The molecule has 1 aliphatic rings. The Labute approximate surface area is 104 Å². The van der Waals surface area contributed by atoms with Crippen LogP contribution in [0.25, 0.3) is 0 Å². The summed E-state index contributed by atoms with van der Waals surface area (Å²) in [5, 5.41) is 3.07. The van der Waals surface area contributed by atoms with E-state index in [1.165, 1.54) is 7.11 Å². The van der Waals surface area contributed by atoms with Crippen LogP contribution in [0.4, 0.5) is 0 Å². The number of thiazole rings is 1. The van der Waals surface area contributed by atoms with Crippen molar-refractivity contribution in [2.45, 2.75) is 19.5 Å². The van der Waals surface area contributed by atoms with E-state index in [1.807, 2.05) is 12.3 Å². The number of rotatable bonds is 3. The van der Waals surface area contributed by atoms with Crippen LogP contribution in [0, 0.1) is 6.92 Å². The molecule has 0 aromatic carbocycles. The first kappa shape index (κ1) is 12.5. The smallest absolute Gasteiger partial charge is 0.325 e. The molecule has 1 aromatic heterocycles. The largest absolute Gasteiger partial charge is 0.468 e. The molecule has 0 spiro atoms. The topological polar surface area (TPSA) is 51.7 Å². The van der Waals surface area contributed by atoms with Crippen molar-refractivity contribution in [1.29, 1.82) is 0 Å². The molecule has 1 aliphatic heterocycles. The van der Waals surface area contributed by atoms with Crippen molar-refractivity contribution in [2.75, 3.05) is 26.9 Å². The zero-order valence-corrected chi connectivity index (χ0v) is 10.8. The molecule has 1 saturated heterocycles. The molecule has 1 aromatic rings. The first-order valence-electron chi connectivity index (χ1n) is 5.51. The highest BCUT2D eigenvalue weighted by atomic mass is 32.1. The lowest BCUT2D eigenvalue weighted by Gasteiger charge is -2.32. The van der Waals surface area contributed by atoms with Gasteiger partial charge in [-0.3, -0.25) is 9.69 Å². The van der Waals surface area contributed by atoms with Gasteiger partial charge in [0.05, 0.1) is 31.0 Å². The van der Waals surface area contributed by atoms with Gasteiger partial charge in [0.25, 0.3) is 0 Å². The number of aromatic nitrogens is 1. The van der Waals surface area contributed by atoms with Crippen LogP contribution < -0.4 is 0 Å². The highest BCUT2D eigenvalue weighted by molar-refractivity contribution is 7.09. The molecule has 6 heteroatoms. The van der Waals surface area contributed by atoms with E-state index in [1.54, 1.807) is 11.3 Å². The summed E-state index contributed by atoms with van der Waals surface area (Å²) in [7, 11) is 1.40. The minimum Gasteiger partial charge on any atom is -0.468 e. The monoisotopic (exact) mass is 256 g/mol. The fourth-order valence-corrected chi connectivity index (χ4v) is 2.47. The molecule has 0 aliphatic carbocycles. The van der Waals surface area contributed by atoms with E-state index >= 15 is 0 Å². The summed E-state index contributed by atoms with van der Waals surface area (Å²) < 4.78 is 10.1. The number of morpholine rings is 1. The molecule has 5 nitrogen and oxygen atoms in total. The molecule has 0 N–H and O–H groups in total. The molecular weight excluding hydrogens is 240 g/mol. The molecule has 1 unspecified atom stereocenters. The zero-order chi connectivity index (χ0) is 12.3. The number of ether oxygens (including phenoxy) is 2. The van der Waals surface area contributed by atoms with Gasteiger partial charge in [0.2, 0.25) is 0 Å². The summed E-state index contributed by atoms with van der Waals surface area (Å²) in [6, 6.07) is -0.309. The van der Waals surface area contributed by atoms with Gasteiger partial charge in [-0.1, -0.05) is 0 Å². The van der Waals surface area contributed by atoms with Crippen LogP contribution in [0.2, 0.25) is 0 Å². The lowest BCUT2D eigenvalue weighted by atomic mass is 10.2. The van der Waals surface area contributed by atoms with Crippen molar-refractivity contribution < 1.29 is 14.3 Å². The maximum Gasteiger partial charge on any atom is 0.325 e. The molecule has 2 rings (SSSR count). The second-order valence-corrected chi connectivity index (χ2v) is 5.00. The van der Waals surface area contributed by atoms with Crippen molar-refractivity contribution in [3.63, 3.8) is 0 Å². The van der Waals surface area contributed by atoms with E-state index < -0.39 is 0 Å². The minimum absolute atomic E-state index is 0.239. The number of carbonyl (C=O) groups is 1. The van der Waals surface area contributed by atoms with E-state index in [0.717, 1.165) is 17.2 Å². The molecule has 0 amide bonds. The number of aryl methyl sites for hydroxylation is 1. The summed E-state index contributed by atoms with van der Waals surface area (Å²) in [6.07, 6.45) is 0. The second-order valence-electron chi connectivity index (χ2n) is 3.94. The van der Waals surface area contributed by atoms with Gasteiger partial charge in [-0.05, 0) is 6.92 Å². The normalized spacial score (nSPS) is 21.4. The average Bonchev–Trinajstić information content (AvgIpc) is 2.74. The summed E-state index contributed by atoms with van der Waals surface area (Å²) in [6.45, 7) is 4.43. The SMILES string of the molecule is COC(=O)C1COCCN1Cc1csc(C)n1. The first-order valence-corrected chi connectivity index (χ1v) is 6.39. The molecular formula is C11H16N2O3S. The molecule has 0 radical (unpaired) electrons. The predicted octanol–water partition coefficient (Wildman–Crippen LogP) is 0.825. The van der Waals surface area contributed by atoms with Crippen molar-refractivity contribution in [3.8, 4) is 0 Å². The van der Waals surface area contributed by atoms with Gasteiger partial charge in [0, 0.05) is 18.5 Å². The third kappa shape index (κ3) is 3.02. The van der Waals surface area contributed by atoms with Gasteiger partial charge in [0.1, 0.15) is 6.04 Å². The third-order valence-corrected chi connectivity index (χ3v) is 3.57. The number of hydrogen-bond acceptors (Lipinski definition) is 6. The minimum atomic E-state index is -0.309. The fourth-order valence-electron chi connectivity index (χ4n) is 1.87. The number of carbonyl (C=O) groups excluding carboxylic acids is 1. The van der Waals surface area contributed by atoms with Crippen LogP contribution in [-0.2, 0) is 20.8 Å². The number of esters is 1. The molecule has 1 fully saturated rings. The Bertz CT molecular complexity index is 394. The Kier molecular flexibility index (Phi) is 4.09. The standard InChI is InChI=1S/C11H16N2O3S/c1-8-12-9(7-17-8)5-13-3-4-16-6-10(13)11(14)15-2/h7,10H,3-6H2,1-2H3. The Hall–Kier alpha value is -0.980. The van der Waals surface area contributed by atoms with Crippen molar-refractivity contribution in [2.24, 2.45) is 0 Å². The number of methoxy groups -OCH3 is 1. The number of hydrogen-bond donors (Lipinski definition) is 0. The Morgan fingerprint density at radius 2 is 2.59 bits per heavy atom. The average molecular weight is 256 g/mol. The molecule has 17 heavy (non-hydrogen) atoms. The van der Waals surface area contributed by atoms with Crippen LogP contribution >= 0.6 is 11.3 Å². The molecule has 0 saturated carbocycles. The van der Waals surface area contributed by atoms with Crippen LogP contribution in [0.15, 0.2) is 5.38 Å². The molecule has 1 atom stereocenters. The second kappa shape index (κ2) is 5.57. The summed E-state index contributed by atoms with van der Waals surface area (Å²) in [5.41, 5.74) is 1.00. The van der Waals surface area contributed by atoms with Crippen LogP contribution in [0.5, 0.6) is 0 Å². The van der Waals surface area contributed by atoms with Crippen molar-refractivity contribution in [3.05, 3.63) is 16.1 Å². The van der Waals surface area contributed by atoms with E-state index in [2.05, 4.69) is 9.88 Å². The molecule has 94 valence electrons. The number of nitrogens with zero attached hydrogens (tertiary/aromatic N) is 2. The van der Waals surface area contributed by atoms with E-state index in [9.17, 15) is 4.79 Å². The maximum atomic E-state index is 11.6. The van der Waals surface area contributed by atoms with Gasteiger partial charge >= 0.3 is 5.97 Å². The van der Waals surface area contributed by atoms with Crippen LogP contribution in [0.3, 0.4) is 0 Å². The van der Waals surface area contributed by atoms with Crippen molar-refractivity contribution >= 4 is 17.3 Å². The van der Waals surface area contributed by atoms with Gasteiger partial charge in [-0.2, -0.15) is 0 Å². The fraction of sp³-hybridized carbons (Fsp3) is 0.636. The zero-order valence-electron chi connectivity index (χ0n) is 10.0. The summed E-state index contributed by atoms with van der Waals surface area (Å²) in [4.78, 5) is 18.1. The van der Waals surface area contributed by atoms with Gasteiger partial charge in [-0.25, -0.2) is 4.98 Å². The Morgan fingerprint density at radius 3 is 3.24 bits per heavy atom. The van der Waals surface area contributed by atoms with E-state index in [-0.39, 0.29) is 12.0 Å². The maximum absolute atomic E-state index is 11.6. The van der Waals surface area contributed by atoms with Gasteiger partial charge < -0.3 is 9.47 Å². The highest BCUT2D eigenvalue weighted by Crippen LogP contribution is 2.15. The lowest BCUT2D eigenvalue weighted by molar-refractivity contribution is -0.153. The van der Waals surface area contributed by atoms with Crippen LogP contribution in [-0.4, -0.2) is 48.8 Å². The summed E-state index contributed by atoms with van der Waals surface area (Å²) >= 11 is 1.62. The lowest BCUT2D eigenvalue weighted by Crippen LogP contribution is -2.49. The molecule has 0 bridgehead atoms. The third-order valence-electron chi connectivity index (χ3n) is 2.74. The summed E-state index contributed by atoms with van der Waals surface area (Å²) in [5.74, 6) is -0.239. The van der Waals surface area contributed by atoms with Crippen molar-refractivity contribution in [1.82, 2.24) is 9.88 Å². The molecule has 2 heterocycles. The van der Waals surface area contributed by atoms with Gasteiger partial charge in [0.15, 0.2) is 0 Å². The van der Waals surface area contributed by atoms with E-state index in [0.29, 0.717) is 19.8 Å². The predicted molar refractivity (Wildman–Crippen MR) is 63.9 cm³/mol. The first-order chi connectivity index (χ1) is 8.20. The quantitative estimate of drug-likeness (QED) is 0.750. The highest BCUT2D eigenvalue weighted by Gasteiger charge is 2.30. The Balaban J connectivity index is 2.03.